The van der Waals surface area contributed by atoms with Crippen LogP contribution in [0.3, 0.4) is 0 Å². The molecule has 0 aromatic rings. The van der Waals surface area contributed by atoms with Crippen molar-refractivity contribution in [2.24, 2.45) is 0 Å². The molecule has 70 valence electrons. The molecular weight excluding hydrogens is 199 g/mol. The molecule has 0 aromatic heterocycles. The molecule has 4 atom stereocenters. The third kappa shape index (κ3) is 1.58. The highest BCUT2D eigenvalue weighted by molar-refractivity contribution is 6.22. The van der Waals surface area contributed by atoms with Crippen LogP contribution in [-0.2, 0) is 9.47 Å². The van der Waals surface area contributed by atoms with E-state index in [0.717, 1.165) is 26.1 Å². The molecule has 2 rings (SSSR count). The second-order valence-electron chi connectivity index (χ2n) is 3.28. The van der Waals surface area contributed by atoms with Gasteiger partial charge in [0.25, 0.3) is 0 Å². The predicted octanol–water partition coefficient (Wildman–Crippen LogP) is 1.78. The van der Waals surface area contributed by atoms with E-state index in [1.807, 2.05) is 0 Å². The number of hydrogen-bond acceptors (Lipinski definition) is 2. The van der Waals surface area contributed by atoms with Crippen LogP contribution in [0.15, 0.2) is 0 Å². The zero-order chi connectivity index (χ0) is 8.55. The largest absolute Gasteiger partial charge is 0.374 e. The second kappa shape index (κ2) is 3.70. The van der Waals surface area contributed by atoms with Crippen LogP contribution in [0.5, 0.6) is 0 Å². The highest BCUT2D eigenvalue weighted by atomic mass is 35.5. The molecule has 2 heterocycles. The lowest BCUT2D eigenvalue weighted by atomic mass is 10.1. The Morgan fingerprint density at radius 2 is 1.25 bits per heavy atom. The van der Waals surface area contributed by atoms with Gasteiger partial charge in [-0.15, -0.1) is 23.2 Å². The summed E-state index contributed by atoms with van der Waals surface area (Å²) in [4.78, 5) is 0. The van der Waals surface area contributed by atoms with Crippen molar-refractivity contribution in [3.63, 3.8) is 0 Å². The maximum absolute atomic E-state index is 6.06. The molecule has 0 spiro atoms. The average Bonchev–Trinajstić information content (AvgIpc) is 2.59. The number of halogens is 2. The third-order valence-electron chi connectivity index (χ3n) is 2.44. The Hall–Kier alpha value is 0.500. The first kappa shape index (κ1) is 9.07. The van der Waals surface area contributed by atoms with Gasteiger partial charge in [0.1, 0.15) is 12.2 Å². The molecule has 4 heteroatoms. The number of ether oxygens (including phenoxy) is 2. The topological polar surface area (TPSA) is 18.5 Å². The fourth-order valence-corrected chi connectivity index (χ4v) is 2.38. The van der Waals surface area contributed by atoms with E-state index in [0.29, 0.717) is 0 Å². The summed E-state index contributed by atoms with van der Waals surface area (Å²) >= 11 is 12.1. The van der Waals surface area contributed by atoms with Gasteiger partial charge in [-0.05, 0) is 12.8 Å². The maximum Gasteiger partial charge on any atom is 0.101 e. The standard InChI is InChI=1S/C8H12Cl2O2/c9-5-1-3-11-7(5)8-6(10)2-4-12-8/h5-8H,1-4H2. The van der Waals surface area contributed by atoms with Crippen LogP contribution in [0.2, 0.25) is 0 Å². The molecule has 2 nitrogen and oxygen atoms in total. The van der Waals surface area contributed by atoms with Crippen LogP contribution < -0.4 is 0 Å². The van der Waals surface area contributed by atoms with Gasteiger partial charge in [0.2, 0.25) is 0 Å². The summed E-state index contributed by atoms with van der Waals surface area (Å²) in [5.41, 5.74) is 0. The molecular formula is C8H12Cl2O2. The van der Waals surface area contributed by atoms with Crippen molar-refractivity contribution in [3.05, 3.63) is 0 Å². The second-order valence-corrected chi connectivity index (χ2v) is 4.40. The Bertz CT molecular complexity index is 147. The molecule has 0 aromatic carbocycles. The molecule has 0 N–H and O–H groups in total. The van der Waals surface area contributed by atoms with E-state index in [1.165, 1.54) is 0 Å². The first-order valence-electron chi connectivity index (χ1n) is 4.30. The summed E-state index contributed by atoms with van der Waals surface area (Å²) in [5.74, 6) is 0. The van der Waals surface area contributed by atoms with Crippen molar-refractivity contribution >= 4 is 23.2 Å². The maximum atomic E-state index is 6.06. The minimum absolute atomic E-state index is 0.0108. The molecule has 2 saturated heterocycles. The van der Waals surface area contributed by atoms with Crippen LogP contribution in [-0.4, -0.2) is 36.2 Å². The van der Waals surface area contributed by atoms with E-state index in [9.17, 15) is 0 Å². The van der Waals surface area contributed by atoms with E-state index >= 15 is 0 Å². The molecule has 0 aliphatic carbocycles. The smallest absolute Gasteiger partial charge is 0.101 e. The molecule has 0 radical (unpaired) electrons. The fraction of sp³-hybridized carbons (Fsp3) is 1.00. The van der Waals surface area contributed by atoms with Gasteiger partial charge in [0.15, 0.2) is 0 Å². The van der Waals surface area contributed by atoms with E-state index in [-0.39, 0.29) is 23.0 Å². The first-order chi connectivity index (χ1) is 5.79. The Balaban J connectivity index is 1.98. The first-order valence-corrected chi connectivity index (χ1v) is 5.17. The van der Waals surface area contributed by atoms with Gasteiger partial charge in [-0.1, -0.05) is 0 Å². The van der Waals surface area contributed by atoms with Gasteiger partial charge in [-0.2, -0.15) is 0 Å². The van der Waals surface area contributed by atoms with Gasteiger partial charge in [0.05, 0.1) is 10.8 Å². The Labute approximate surface area is 82.1 Å². The zero-order valence-electron chi connectivity index (χ0n) is 6.71. The van der Waals surface area contributed by atoms with Crippen molar-refractivity contribution in [3.8, 4) is 0 Å². The van der Waals surface area contributed by atoms with Crippen LogP contribution >= 0.6 is 23.2 Å². The molecule has 0 amide bonds. The lowest BCUT2D eigenvalue weighted by Crippen LogP contribution is -2.36. The van der Waals surface area contributed by atoms with E-state index in [1.54, 1.807) is 0 Å². The van der Waals surface area contributed by atoms with E-state index in [4.69, 9.17) is 32.7 Å². The quantitative estimate of drug-likeness (QED) is 0.615. The van der Waals surface area contributed by atoms with Gasteiger partial charge in [0, 0.05) is 13.2 Å². The molecule has 4 unspecified atom stereocenters. The summed E-state index contributed by atoms with van der Waals surface area (Å²) < 4.78 is 11.0. The summed E-state index contributed by atoms with van der Waals surface area (Å²) in [6, 6.07) is 0. The lowest BCUT2D eigenvalue weighted by Gasteiger charge is -2.22. The molecule has 2 fully saturated rings. The minimum atomic E-state index is 0.0108. The summed E-state index contributed by atoms with van der Waals surface area (Å²) in [7, 11) is 0. The summed E-state index contributed by atoms with van der Waals surface area (Å²) in [6.07, 6.45) is 1.85. The number of alkyl halides is 2. The molecule has 0 saturated carbocycles. The summed E-state index contributed by atoms with van der Waals surface area (Å²) in [6.45, 7) is 1.48. The number of hydrogen-bond donors (Lipinski definition) is 0. The Morgan fingerprint density at radius 3 is 1.50 bits per heavy atom. The van der Waals surface area contributed by atoms with Crippen molar-refractivity contribution in [1.82, 2.24) is 0 Å². The predicted molar refractivity (Wildman–Crippen MR) is 48.0 cm³/mol. The molecule has 12 heavy (non-hydrogen) atoms. The Kier molecular flexibility index (Phi) is 2.80. The van der Waals surface area contributed by atoms with Crippen LogP contribution in [0.1, 0.15) is 12.8 Å². The van der Waals surface area contributed by atoms with E-state index in [2.05, 4.69) is 0 Å². The molecule has 2 aliphatic rings. The van der Waals surface area contributed by atoms with Crippen LogP contribution in [0.4, 0.5) is 0 Å². The normalized spacial score (nSPS) is 48.5. The van der Waals surface area contributed by atoms with Gasteiger partial charge < -0.3 is 9.47 Å². The lowest BCUT2D eigenvalue weighted by molar-refractivity contribution is -0.0149. The monoisotopic (exact) mass is 210 g/mol. The minimum Gasteiger partial charge on any atom is -0.374 e. The van der Waals surface area contributed by atoms with Gasteiger partial charge in [-0.25, -0.2) is 0 Å². The molecule has 0 bridgehead atoms. The SMILES string of the molecule is ClC1CCOC1C1OCCC1Cl. The highest BCUT2D eigenvalue weighted by Crippen LogP contribution is 2.31. The van der Waals surface area contributed by atoms with Gasteiger partial charge >= 0.3 is 0 Å². The molecule has 2 aliphatic heterocycles. The fourth-order valence-electron chi connectivity index (χ4n) is 1.77. The number of rotatable bonds is 1. The van der Waals surface area contributed by atoms with Crippen molar-refractivity contribution < 1.29 is 9.47 Å². The van der Waals surface area contributed by atoms with Gasteiger partial charge in [-0.3, -0.25) is 0 Å². The van der Waals surface area contributed by atoms with Crippen molar-refractivity contribution in [1.29, 1.82) is 0 Å². The highest BCUT2D eigenvalue weighted by Gasteiger charge is 2.40. The van der Waals surface area contributed by atoms with Crippen molar-refractivity contribution in [2.75, 3.05) is 13.2 Å². The van der Waals surface area contributed by atoms with Crippen LogP contribution in [0.25, 0.3) is 0 Å². The van der Waals surface area contributed by atoms with Crippen LogP contribution in [0, 0.1) is 0 Å². The average molecular weight is 211 g/mol. The van der Waals surface area contributed by atoms with Crippen molar-refractivity contribution in [2.45, 2.75) is 35.8 Å². The Morgan fingerprint density at radius 1 is 0.833 bits per heavy atom. The summed E-state index contributed by atoms with van der Waals surface area (Å²) in [5, 5.41) is 0.156. The zero-order valence-corrected chi connectivity index (χ0v) is 8.22. The van der Waals surface area contributed by atoms with E-state index < -0.39 is 0 Å². The third-order valence-corrected chi connectivity index (χ3v) is 3.38.